The molecule has 1 aromatic carbocycles. The Kier molecular flexibility index (Phi) is 9.40. The molecule has 1 unspecified atom stereocenters. The monoisotopic (exact) mass is 344 g/mol. The Morgan fingerprint density at radius 1 is 1.09 bits per heavy atom. The van der Waals surface area contributed by atoms with Crippen molar-refractivity contribution in [2.24, 2.45) is 0 Å². The maximum atomic E-state index is 12.4. The zero-order chi connectivity index (χ0) is 17.1. The molecule has 132 valence electrons. The highest BCUT2D eigenvalue weighted by Gasteiger charge is 2.21. The molecule has 0 aliphatic carbocycles. The van der Waals surface area contributed by atoms with Crippen molar-refractivity contribution in [3.8, 4) is 0 Å². The molecule has 23 heavy (non-hydrogen) atoms. The SMILES string of the molecule is CCCCCC(CCOCOC)OS(=O)(=O)c1ccc(C)cc1. The van der Waals surface area contributed by atoms with Gasteiger partial charge in [-0.3, -0.25) is 4.18 Å². The van der Waals surface area contributed by atoms with Gasteiger partial charge in [-0.1, -0.05) is 43.9 Å². The average molecular weight is 344 g/mol. The van der Waals surface area contributed by atoms with Crippen LogP contribution < -0.4 is 0 Å². The predicted octanol–water partition coefficient (Wildman–Crippen LogP) is 3.66. The Morgan fingerprint density at radius 3 is 2.39 bits per heavy atom. The van der Waals surface area contributed by atoms with Gasteiger partial charge in [-0.2, -0.15) is 8.42 Å². The molecule has 0 N–H and O–H groups in total. The zero-order valence-corrected chi connectivity index (χ0v) is 15.1. The summed E-state index contributed by atoms with van der Waals surface area (Å²) in [6, 6.07) is 6.69. The average Bonchev–Trinajstić information content (AvgIpc) is 2.51. The van der Waals surface area contributed by atoms with Gasteiger partial charge in [0.05, 0.1) is 17.6 Å². The Morgan fingerprint density at radius 2 is 1.78 bits per heavy atom. The lowest BCUT2D eigenvalue weighted by Crippen LogP contribution is -2.21. The van der Waals surface area contributed by atoms with Crippen molar-refractivity contribution in [3.63, 3.8) is 0 Å². The second-order valence-electron chi connectivity index (χ2n) is 5.58. The van der Waals surface area contributed by atoms with Gasteiger partial charge in [0.15, 0.2) is 0 Å². The van der Waals surface area contributed by atoms with E-state index < -0.39 is 10.1 Å². The Hall–Kier alpha value is -0.950. The van der Waals surface area contributed by atoms with Gasteiger partial charge in [0.2, 0.25) is 0 Å². The maximum absolute atomic E-state index is 12.4. The van der Waals surface area contributed by atoms with Crippen LogP contribution in [0.1, 0.15) is 44.6 Å². The summed E-state index contributed by atoms with van der Waals surface area (Å²) in [5.74, 6) is 0. The van der Waals surface area contributed by atoms with Crippen LogP contribution in [0.25, 0.3) is 0 Å². The number of methoxy groups -OCH3 is 1. The summed E-state index contributed by atoms with van der Waals surface area (Å²) in [4.78, 5) is 0.196. The Labute approximate surface area is 140 Å². The summed E-state index contributed by atoms with van der Waals surface area (Å²) in [5.41, 5.74) is 1.01. The highest BCUT2D eigenvalue weighted by atomic mass is 32.2. The van der Waals surface area contributed by atoms with Gasteiger partial charge in [0.25, 0.3) is 10.1 Å². The fourth-order valence-corrected chi connectivity index (χ4v) is 3.29. The number of aryl methyl sites for hydroxylation is 1. The van der Waals surface area contributed by atoms with Gasteiger partial charge in [0, 0.05) is 7.11 Å². The van der Waals surface area contributed by atoms with E-state index >= 15 is 0 Å². The number of benzene rings is 1. The van der Waals surface area contributed by atoms with Crippen molar-refractivity contribution in [3.05, 3.63) is 29.8 Å². The largest absolute Gasteiger partial charge is 0.359 e. The molecule has 0 aliphatic heterocycles. The first-order valence-corrected chi connectivity index (χ1v) is 9.47. The smallest absolute Gasteiger partial charge is 0.297 e. The molecule has 0 saturated heterocycles. The first kappa shape index (κ1) is 20.1. The number of hydrogen-bond acceptors (Lipinski definition) is 5. The molecule has 0 aliphatic rings. The summed E-state index contributed by atoms with van der Waals surface area (Å²) < 4.78 is 40.3. The molecular formula is C17H28O5S. The van der Waals surface area contributed by atoms with Crippen molar-refractivity contribution >= 4 is 10.1 Å². The first-order chi connectivity index (χ1) is 11.0. The third-order valence-corrected chi connectivity index (χ3v) is 4.86. The fraction of sp³-hybridized carbons (Fsp3) is 0.647. The molecule has 0 radical (unpaired) electrons. The van der Waals surface area contributed by atoms with E-state index in [1.807, 2.05) is 6.92 Å². The van der Waals surface area contributed by atoms with E-state index in [1.54, 1.807) is 31.4 Å². The van der Waals surface area contributed by atoms with Crippen LogP contribution in [0, 0.1) is 6.92 Å². The topological polar surface area (TPSA) is 61.8 Å². The molecule has 0 spiro atoms. The highest BCUT2D eigenvalue weighted by Crippen LogP contribution is 2.19. The van der Waals surface area contributed by atoms with E-state index in [4.69, 9.17) is 13.7 Å². The normalized spacial score (nSPS) is 13.2. The van der Waals surface area contributed by atoms with Crippen LogP contribution >= 0.6 is 0 Å². The van der Waals surface area contributed by atoms with E-state index in [2.05, 4.69) is 6.92 Å². The van der Waals surface area contributed by atoms with Crippen LogP contribution in [0.5, 0.6) is 0 Å². The van der Waals surface area contributed by atoms with Crippen LogP contribution in [0.4, 0.5) is 0 Å². The van der Waals surface area contributed by atoms with Crippen molar-refractivity contribution in [1.29, 1.82) is 0 Å². The molecule has 6 heteroatoms. The summed E-state index contributed by atoms with van der Waals surface area (Å²) >= 11 is 0. The summed E-state index contributed by atoms with van der Waals surface area (Å²) in [7, 11) is -2.19. The lowest BCUT2D eigenvalue weighted by Gasteiger charge is -2.17. The third kappa shape index (κ3) is 7.92. The highest BCUT2D eigenvalue weighted by molar-refractivity contribution is 7.86. The molecule has 0 fully saturated rings. The van der Waals surface area contributed by atoms with Crippen LogP contribution in [0.15, 0.2) is 29.2 Å². The zero-order valence-electron chi connectivity index (χ0n) is 14.3. The number of ether oxygens (including phenoxy) is 2. The van der Waals surface area contributed by atoms with Gasteiger partial charge >= 0.3 is 0 Å². The van der Waals surface area contributed by atoms with Gasteiger partial charge in [-0.15, -0.1) is 0 Å². The number of rotatable bonds is 12. The predicted molar refractivity (Wildman–Crippen MR) is 89.8 cm³/mol. The molecule has 1 atom stereocenters. The molecule has 1 rings (SSSR count). The minimum Gasteiger partial charge on any atom is -0.359 e. The number of unbranched alkanes of at least 4 members (excludes halogenated alkanes) is 2. The standard InChI is InChI=1S/C17H28O5S/c1-4-5-6-7-16(12-13-21-14-20-3)22-23(18,19)17-10-8-15(2)9-11-17/h8-11,16H,4-7,12-14H2,1-3H3. The van der Waals surface area contributed by atoms with Crippen LogP contribution in [-0.2, 0) is 23.8 Å². The molecule has 0 aromatic heterocycles. The van der Waals surface area contributed by atoms with E-state index in [-0.39, 0.29) is 17.8 Å². The Balaban J connectivity index is 2.66. The second-order valence-corrected chi connectivity index (χ2v) is 7.16. The third-order valence-electron chi connectivity index (χ3n) is 3.49. The van der Waals surface area contributed by atoms with Crippen molar-refractivity contribution in [2.45, 2.75) is 57.0 Å². The molecule has 1 aromatic rings. The summed E-state index contributed by atoms with van der Waals surface area (Å²) in [6.07, 6.45) is 3.94. The summed E-state index contributed by atoms with van der Waals surface area (Å²) in [6.45, 7) is 4.64. The molecule has 0 bridgehead atoms. The van der Waals surface area contributed by atoms with Crippen LogP contribution in [-0.4, -0.2) is 35.0 Å². The van der Waals surface area contributed by atoms with E-state index in [0.717, 1.165) is 24.8 Å². The molecule has 0 amide bonds. The Bertz CT molecular complexity index is 524. The van der Waals surface area contributed by atoms with Gasteiger partial charge in [-0.05, 0) is 31.9 Å². The van der Waals surface area contributed by atoms with Crippen molar-refractivity contribution < 1.29 is 22.1 Å². The van der Waals surface area contributed by atoms with E-state index in [9.17, 15) is 8.42 Å². The first-order valence-electron chi connectivity index (χ1n) is 8.06. The number of hydrogen-bond donors (Lipinski definition) is 0. The van der Waals surface area contributed by atoms with Gasteiger partial charge < -0.3 is 9.47 Å². The van der Waals surface area contributed by atoms with Gasteiger partial charge in [-0.25, -0.2) is 0 Å². The van der Waals surface area contributed by atoms with Gasteiger partial charge in [0.1, 0.15) is 6.79 Å². The quantitative estimate of drug-likeness (QED) is 0.329. The fourth-order valence-electron chi connectivity index (χ4n) is 2.16. The van der Waals surface area contributed by atoms with E-state index in [1.165, 1.54) is 0 Å². The second kappa shape index (κ2) is 10.8. The van der Waals surface area contributed by atoms with Crippen LogP contribution in [0.2, 0.25) is 0 Å². The van der Waals surface area contributed by atoms with Crippen molar-refractivity contribution in [2.75, 3.05) is 20.5 Å². The maximum Gasteiger partial charge on any atom is 0.297 e. The van der Waals surface area contributed by atoms with Crippen LogP contribution in [0.3, 0.4) is 0 Å². The van der Waals surface area contributed by atoms with Crippen molar-refractivity contribution in [1.82, 2.24) is 0 Å². The van der Waals surface area contributed by atoms with E-state index in [0.29, 0.717) is 19.4 Å². The molecule has 0 saturated carbocycles. The molecular weight excluding hydrogens is 316 g/mol. The lowest BCUT2D eigenvalue weighted by molar-refractivity contribution is -0.0383. The summed E-state index contributed by atoms with van der Waals surface area (Å²) in [5, 5.41) is 0. The minimum absolute atomic E-state index is 0.196. The molecule has 0 heterocycles. The molecule has 5 nitrogen and oxygen atoms in total. The minimum atomic E-state index is -3.74. The lowest BCUT2D eigenvalue weighted by atomic mass is 10.1.